The highest BCUT2D eigenvalue weighted by atomic mass is 19.3. The molecule has 1 atom stereocenters. The van der Waals surface area contributed by atoms with E-state index in [-0.39, 0.29) is 59.6 Å². The molecule has 4 aromatic heterocycles. The number of rotatable bonds is 18. The van der Waals surface area contributed by atoms with Crippen molar-refractivity contribution in [3.8, 4) is 11.5 Å². The van der Waals surface area contributed by atoms with Gasteiger partial charge in [-0.2, -0.15) is 5.10 Å². The lowest BCUT2D eigenvalue weighted by atomic mass is 9.85. The van der Waals surface area contributed by atoms with Gasteiger partial charge in [-0.05, 0) is 93.9 Å². The number of carbonyl (C=O) groups is 4. The first-order valence-corrected chi connectivity index (χ1v) is 21.6. The zero-order valence-corrected chi connectivity index (χ0v) is 35.4. The van der Waals surface area contributed by atoms with Crippen LogP contribution in [0.25, 0.3) is 22.5 Å². The van der Waals surface area contributed by atoms with Crippen LogP contribution in [0.15, 0.2) is 58.2 Å². The molecule has 1 aliphatic heterocycles. The highest BCUT2D eigenvalue weighted by molar-refractivity contribution is 6.03. The van der Waals surface area contributed by atoms with Gasteiger partial charge in [0.05, 0.1) is 22.8 Å². The van der Waals surface area contributed by atoms with Crippen LogP contribution < -0.4 is 21.6 Å². The van der Waals surface area contributed by atoms with Crippen LogP contribution in [0, 0.1) is 11.8 Å². The maximum Gasteiger partial charge on any atom is 0.329 e. The Morgan fingerprint density at radius 1 is 1.05 bits per heavy atom. The van der Waals surface area contributed by atoms with Gasteiger partial charge in [0.2, 0.25) is 23.6 Å². The highest BCUT2D eigenvalue weighted by Crippen LogP contribution is 2.36. The summed E-state index contributed by atoms with van der Waals surface area (Å²) in [5.41, 5.74) is 1.95. The smallest absolute Gasteiger partial charge is 0.329 e. The van der Waals surface area contributed by atoms with Gasteiger partial charge in [-0.3, -0.25) is 38.3 Å². The molecule has 0 bridgehead atoms. The number of piperidine rings is 1. The van der Waals surface area contributed by atoms with E-state index in [1.54, 1.807) is 41.9 Å². The maximum absolute atomic E-state index is 14.1. The second-order valence-electron chi connectivity index (χ2n) is 16.8. The van der Waals surface area contributed by atoms with Gasteiger partial charge >= 0.3 is 5.69 Å². The van der Waals surface area contributed by atoms with E-state index < -0.39 is 30.0 Å². The number of carbonyl (C=O) groups excluding carboxylic acids is 4. The lowest BCUT2D eigenvalue weighted by Gasteiger charge is -2.30. The fourth-order valence-corrected chi connectivity index (χ4v) is 8.61. The van der Waals surface area contributed by atoms with Crippen molar-refractivity contribution >= 4 is 46.2 Å². The number of hydrogen-bond acceptors (Lipinski definition) is 11. The predicted octanol–water partition coefficient (Wildman–Crippen LogP) is 5.81. The molecule has 3 fully saturated rings. The third-order valence-corrected chi connectivity index (χ3v) is 12.2. The molecule has 5 heterocycles. The number of halogens is 2. The molecule has 17 nitrogen and oxygen atoms in total. The highest BCUT2D eigenvalue weighted by Gasteiger charge is 2.33. The normalized spacial score (nSPS) is 19.1. The molecule has 8 rings (SSSR count). The number of fused-ring (bicyclic) bond motifs is 1. The number of hydrogen-bond donors (Lipinski definition) is 3. The minimum atomic E-state index is -2.93. The topological polar surface area (TPSA) is 201 Å². The van der Waals surface area contributed by atoms with Crippen LogP contribution in [0.5, 0.6) is 0 Å². The summed E-state index contributed by atoms with van der Waals surface area (Å²) in [4.78, 5) is 74.3. The number of imide groups is 1. The number of ether oxygens (including phenoxy) is 1. The van der Waals surface area contributed by atoms with Gasteiger partial charge in [-0.1, -0.05) is 12.1 Å². The van der Waals surface area contributed by atoms with E-state index in [1.165, 1.54) is 34.6 Å². The van der Waals surface area contributed by atoms with Gasteiger partial charge in [-0.15, -0.1) is 0 Å². The molecule has 0 spiro atoms. The van der Waals surface area contributed by atoms with Crippen molar-refractivity contribution in [1.29, 1.82) is 0 Å². The van der Waals surface area contributed by atoms with E-state index >= 15 is 0 Å². The first-order chi connectivity index (χ1) is 30.4. The molecule has 3 N–H and O–H groups in total. The number of imidazole rings is 1. The zero-order chi connectivity index (χ0) is 44.2. The average molecular weight is 871 g/mol. The minimum Gasteiger partial charge on any atom is -0.444 e. The first kappa shape index (κ1) is 43.4. The number of aromatic nitrogens is 6. The maximum atomic E-state index is 14.1. The minimum absolute atomic E-state index is 0.0302. The largest absolute Gasteiger partial charge is 0.444 e. The predicted molar refractivity (Wildman–Crippen MR) is 227 cm³/mol. The number of alkyl halides is 2. The van der Waals surface area contributed by atoms with Crippen LogP contribution in [-0.2, 0) is 32.6 Å². The SMILES string of the molecule is CN(CCCOCCCc1cccc2c1n(C)c(=O)n2C1CCC(=O)NC1=O)C(=O)[C@H]1CC[C@H](n2cc(NC(=O)c3coc(-c4ccnc(NCC5CC5)c4)n3)c(C(F)F)n2)CC1. The molecule has 1 unspecified atom stereocenters. The third kappa shape index (κ3) is 9.87. The van der Waals surface area contributed by atoms with E-state index in [0.29, 0.717) is 87.5 Å². The summed E-state index contributed by atoms with van der Waals surface area (Å²) in [5, 5.41) is 12.3. The monoisotopic (exact) mass is 870 g/mol. The van der Waals surface area contributed by atoms with Crippen LogP contribution in [0.4, 0.5) is 20.3 Å². The van der Waals surface area contributed by atoms with Crippen LogP contribution in [0.1, 0.15) is 104 Å². The molecule has 1 aromatic carbocycles. The second-order valence-corrected chi connectivity index (χ2v) is 16.8. The Balaban J connectivity index is 0.767. The molecule has 2 saturated carbocycles. The summed E-state index contributed by atoms with van der Waals surface area (Å²) in [6, 6.07) is 8.17. The lowest BCUT2D eigenvalue weighted by molar-refractivity contribution is -0.136. The summed E-state index contributed by atoms with van der Waals surface area (Å²) in [6.07, 6.45) is 8.39. The van der Waals surface area contributed by atoms with E-state index in [1.807, 2.05) is 18.2 Å². The van der Waals surface area contributed by atoms with Gasteiger partial charge in [0.1, 0.15) is 18.1 Å². The van der Waals surface area contributed by atoms with Crippen molar-refractivity contribution in [3.05, 3.63) is 76.4 Å². The molecule has 19 heteroatoms. The summed E-state index contributed by atoms with van der Waals surface area (Å²) >= 11 is 0. The Morgan fingerprint density at radius 3 is 2.60 bits per heavy atom. The van der Waals surface area contributed by atoms with E-state index in [4.69, 9.17) is 9.15 Å². The molecule has 1 saturated heterocycles. The van der Waals surface area contributed by atoms with Gasteiger partial charge in [-0.25, -0.2) is 23.5 Å². The second kappa shape index (κ2) is 19.0. The van der Waals surface area contributed by atoms with E-state index in [2.05, 4.69) is 31.0 Å². The molecular weight excluding hydrogens is 819 g/mol. The van der Waals surface area contributed by atoms with Crippen LogP contribution in [-0.4, -0.2) is 90.8 Å². The lowest BCUT2D eigenvalue weighted by Crippen LogP contribution is -2.44. The Morgan fingerprint density at radius 2 is 1.84 bits per heavy atom. The van der Waals surface area contributed by atoms with Crippen molar-refractivity contribution < 1.29 is 37.1 Å². The Hall–Kier alpha value is -6.24. The van der Waals surface area contributed by atoms with Crippen LogP contribution in [0.3, 0.4) is 0 Å². The number of pyridine rings is 1. The number of amides is 4. The molecule has 5 aromatic rings. The number of benzene rings is 1. The molecule has 4 amide bonds. The first-order valence-electron chi connectivity index (χ1n) is 21.6. The Kier molecular flexibility index (Phi) is 13.1. The summed E-state index contributed by atoms with van der Waals surface area (Å²) in [6.45, 7) is 2.29. The quantitative estimate of drug-likeness (QED) is 0.0710. The molecule has 0 radical (unpaired) electrons. The standard InChI is InChI=1S/C44H52F2N10O7/c1-53(19-5-21-62-20-4-7-27-6-3-8-33-38(27)54(2)44(61)56(33)34-15-16-36(57)51-41(34)59)43(60)28-11-13-30(14-12-28)55-24-31(37(52-55)39(45)46)49-40(58)32-25-63-42(50-32)29-17-18-47-35(22-29)48-23-26-9-10-26/h3,6,8,17-18,22,24-26,28,30,34,39H,4-5,7,9-16,19-21,23H2,1-2H3,(H,47,48)(H,49,58)(H,51,57,59)/t28-,30-,34?. The molecule has 2 aliphatic carbocycles. The van der Waals surface area contributed by atoms with E-state index in [0.717, 1.165) is 17.6 Å². The zero-order valence-electron chi connectivity index (χ0n) is 35.4. The molecular formula is C44H52F2N10O7. The molecule has 3 aliphatic rings. The number of nitrogens with zero attached hydrogens (tertiary/aromatic N) is 7. The van der Waals surface area contributed by atoms with E-state index in [9.17, 15) is 32.8 Å². The van der Waals surface area contributed by atoms with Gasteiger partial charge in [0.25, 0.3) is 12.3 Å². The Bertz CT molecular complexity index is 2530. The number of para-hydroxylation sites is 1. The third-order valence-electron chi connectivity index (χ3n) is 12.2. The Labute approximate surface area is 361 Å². The van der Waals surface area contributed by atoms with Crippen molar-refractivity contribution in [2.45, 2.75) is 89.1 Å². The van der Waals surface area contributed by atoms with Crippen molar-refractivity contribution in [1.82, 2.24) is 39.1 Å². The fourth-order valence-electron chi connectivity index (χ4n) is 8.61. The average Bonchev–Trinajstić information content (AvgIpc) is 3.68. The number of oxazole rings is 1. The number of anilines is 2. The van der Waals surface area contributed by atoms with Crippen molar-refractivity contribution in [2.24, 2.45) is 18.9 Å². The van der Waals surface area contributed by atoms with Crippen molar-refractivity contribution in [3.63, 3.8) is 0 Å². The molecule has 63 heavy (non-hydrogen) atoms. The summed E-state index contributed by atoms with van der Waals surface area (Å²) in [7, 11) is 3.46. The fraction of sp³-hybridized carbons (Fsp3) is 0.500. The number of nitrogens with one attached hydrogen (secondary N) is 3. The summed E-state index contributed by atoms with van der Waals surface area (Å²) < 4.78 is 44.3. The van der Waals surface area contributed by atoms with Gasteiger partial charge < -0.3 is 24.7 Å². The summed E-state index contributed by atoms with van der Waals surface area (Å²) in [5.74, 6) is -0.164. The van der Waals surface area contributed by atoms with Gasteiger partial charge in [0, 0.05) is 70.7 Å². The number of aryl methyl sites for hydroxylation is 2. The van der Waals surface area contributed by atoms with Gasteiger partial charge in [0.15, 0.2) is 11.4 Å². The molecule has 334 valence electrons. The van der Waals surface area contributed by atoms with Crippen LogP contribution in [0.2, 0.25) is 0 Å². The van der Waals surface area contributed by atoms with Crippen LogP contribution >= 0.6 is 0 Å². The van der Waals surface area contributed by atoms with Crippen molar-refractivity contribution in [2.75, 3.05) is 44.0 Å².